The molecule has 0 fully saturated rings. The second-order valence-corrected chi connectivity index (χ2v) is 6.90. The average molecular weight is 299 g/mol. The molecule has 0 saturated heterocycles. The van der Waals surface area contributed by atoms with Crippen molar-refractivity contribution in [3.63, 3.8) is 0 Å². The maximum atomic E-state index is 11.8. The molecule has 0 bridgehead atoms. The average Bonchev–Trinajstić information content (AvgIpc) is 2.88. The van der Waals surface area contributed by atoms with Crippen LogP contribution in [0.25, 0.3) is 0 Å². The fourth-order valence-corrected chi connectivity index (χ4v) is 2.89. The van der Waals surface area contributed by atoms with Crippen molar-refractivity contribution in [2.45, 2.75) is 58.5 Å². The van der Waals surface area contributed by atoms with Crippen molar-refractivity contribution in [2.24, 2.45) is 5.92 Å². The maximum Gasteiger partial charge on any atom is 0.311 e. The van der Waals surface area contributed by atoms with Crippen molar-refractivity contribution >= 4 is 17.3 Å². The predicted octanol–water partition coefficient (Wildman–Crippen LogP) is 3.45. The van der Waals surface area contributed by atoms with Crippen LogP contribution in [0.2, 0.25) is 0 Å². The van der Waals surface area contributed by atoms with Crippen molar-refractivity contribution in [2.75, 3.05) is 7.11 Å². The van der Waals surface area contributed by atoms with Crippen molar-refractivity contribution in [3.05, 3.63) is 16.1 Å². The van der Waals surface area contributed by atoms with Gasteiger partial charge >= 0.3 is 5.97 Å². The van der Waals surface area contributed by atoms with E-state index >= 15 is 0 Å². The van der Waals surface area contributed by atoms with E-state index in [-0.39, 0.29) is 11.4 Å². The summed E-state index contributed by atoms with van der Waals surface area (Å²) in [7, 11) is 1.36. The zero-order chi connectivity index (χ0) is 15.3. The lowest BCUT2D eigenvalue weighted by Gasteiger charge is -2.19. The van der Waals surface area contributed by atoms with E-state index in [2.05, 4.69) is 32.7 Å². The van der Waals surface area contributed by atoms with E-state index in [1.54, 1.807) is 0 Å². The first-order valence-electron chi connectivity index (χ1n) is 7.03. The number of aliphatic hydroxyl groups excluding tert-OH is 1. The molecular formula is C15H25NO3S. The van der Waals surface area contributed by atoms with Crippen LogP contribution in [0, 0.1) is 5.92 Å². The number of unbranched alkanes of at least 4 members (excludes halogenated alkanes) is 1. The molecule has 2 atom stereocenters. The predicted molar refractivity (Wildman–Crippen MR) is 80.8 cm³/mol. The van der Waals surface area contributed by atoms with Crippen LogP contribution in [0.4, 0.5) is 0 Å². The molecular weight excluding hydrogens is 274 g/mol. The molecule has 0 aliphatic heterocycles. The van der Waals surface area contributed by atoms with Crippen molar-refractivity contribution in [1.29, 1.82) is 0 Å². The van der Waals surface area contributed by atoms with Crippen LogP contribution >= 0.6 is 11.3 Å². The third kappa shape index (κ3) is 4.28. The Morgan fingerprint density at radius 2 is 2.15 bits per heavy atom. The summed E-state index contributed by atoms with van der Waals surface area (Å²) in [6.07, 6.45) is 1.59. The van der Waals surface area contributed by atoms with Gasteiger partial charge in [0, 0.05) is 10.8 Å². The summed E-state index contributed by atoms with van der Waals surface area (Å²) in [5, 5.41) is 13.2. The van der Waals surface area contributed by atoms with Crippen molar-refractivity contribution < 1.29 is 14.6 Å². The van der Waals surface area contributed by atoms with Gasteiger partial charge in [-0.1, -0.05) is 40.5 Å². The van der Waals surface area contributed by atoms with E-state index in [1.165, 1.54) is 18.4 Å². The molecule has 1 aromatic heterocycles. The summed E-state index contributed by atoms with van der Waals surface area (Å²) in [6, 6.07) is 0. The second-order valence-electron chi connectivity index (χ2n) is 6.04. The molecule has 0 aromatic carbocycles. The lowest BCUT2D eigenvalue weighted by Crippen LogP contribution is -2.24. The molecule has 1 N–H and O–H groups in total. The first kappa shape index (κ1) is 17.1. The molecule has 114 valence electrons. The first-order chi connectivity index (χ1) is 9.31. The molecule has 1 rings (SSSR count). The van der Waals surface area contributed by atoms with Gasteiger partial charge in [-0.3, -0.25) is 4.79 Å². The van der Waals surface area contributed by atoms with Gasteiger partial charge in [0.25, 0.3) is 0 Å². The molecule has 1 heterocycles. The van der Waals surface area contributed by atoms with E-state index in [4.69, 9.17) is 4.74 Å². The van der Waals surface area contributed by atoms with E-state index in [9.17, 15) is 9.90 Å². The number of carbonyl (C=O) groups is 1. The zero-order valence-corrected chi connectivity index (χ0v) is 13.8. The Morgan fingerprint density at radius 3 is 2.60 bits per heavy atom. The summed E-state index contributed by atoms with van der Waals surface area (Å²) in [5.74, 6) is -0.897. The van der Waals surface area contributed by atoms with Gasteiger partial charge < -0.3 is 9.84 Å². The van der Waals surface area contributed by atoms with Gasteiger partial charge in [0.15, 0.2) is 0 Å². The van der Waals surface area contributed by atoms with Crippen LogP contribution in [-0.4, -0.2) is 23.2 Å². The van der Waals surface area contributed by atoms with Crippen LogP contribution in [0.1, 0.15) is 63.8 Å². The quantitative estimate of drug-likeness (QED) is 0.817. The van der Waals surface area contributed by atoms with E-state index in [1.807, 2.05) is 5.38 Å². The Labute approximate surface area is 125 Å². The summed E-state index contributed by atoms with van der Waals surface area (Å²) in [4.78, 5) is 16.3. The Bertz CT molecular complexity index is 437. The Balaban J connectivity index is 2.91. The molecule has 2 unspecified atom stereocenters. The molecule has 0 saturated carbocycles. The minimum Gasteiger partial charge on any atom is -0.469 e. The van der Waals surface area contributed by atoms with Gasteiger partial charge in [-0.25, -0.2) is 4.98 Å². The molecule has 5 heteroatoms. The fourth-order valence-electron chi connectivity index (χ4n) is 1.95. The number of carbonyl (C=O) groups excluding carboxylic acids is 1. The van der Waals surface area contributed by atoms with Crippen LogP contribution < -0.4 is 0 Å². The number of aromatic nitrogens is 1. The number of rotatable bonds is 6. The molecule has 0 aliphatic rings. The molecule has 20 heavy (non-hydrogen) atoms. The molecule has 0 amide bonds. The van der Waals surface area contributed by atoms with Crippen LogP contribution in [-0.2, 0) is 14.9 Å². The van der Waals surface area contributed by atoms with Gasteiger partial charge in [-0.2, -0.15) is 0 Å². The Hall–Kier alpha value is -0.940. The van der Waals surface area contributed by atoms with Gasteiger partial charge in [-0.05, 0) is 6.42 Å². The van der Waals surface area contributed by atoms with Crippen molar-refractivity contribution in [1.82, 2.24) is 4.98 Å². The number of aliphatic hydroxyl groups is 1. The molecule has 1 aromatic rings. The highest BCUT2D eigenvalue weighted by molar-refractivity contribution is 7.09. The number of nitrogens with zero attached hydrogens (tertiary/aromatic N) is 1. The number of hydrogen-bond donors (Lipinski definition) is 1. The highest BCUT2D eigenvalue weighted by Crippen LogP contribution is 2.32. The monoisotopic (exact) mass is 299 g/mol. The van der Waals surface area contributed by atoms with Crippen LogP contribution in [0.15, 0.2) is 5.38 Å². The first-order valence-corrected chi connectivity index (χ1v) is 7.91. The van der Waals surface area contributed by atoms with Crippen LogP contribution in [0.3, 0.4) is 0 Å². The van der Waals surface area contributed by atoms with Gasteiger partial charge in [0.05, 0.1) is 23.7 Å². The second kappa shape index (κ2) is 7.18. The summed E-state index contributed by atoms with van der Waals surface area (Å²) >= 11 is 1.52. The van der Waals surface area contributed by atoms with E-state index < -0.39 is 12.0 Å². The topological polar surface area (TPSA) is 59.4 Å². The highest BCUT2D eigenvalue weighted by Gasteiger charge is 2.31. The number of esters is 1. The Kier molecular flexibility index (Phi) is 6.14. The van der Waals surface area contributed by atoms with Crippen molar-refractivity contribution in [3.8, 4) is 0 Å². The minimum absolute atomic E-state index is 0.0488. The lowest BCUT2D eigenvalue weighted by atomic mass is 9.94. The normalized spacial score (nSPS) is 14.9. The molecule has 0 radical (unpaired) electrons. The Morgan fingerprint density at radius 1 is 1.50 bits per heavy atom. The number of methoxy groups -OCH3 is 1. The summed E-state index contributed by atoms with van der Waals surface area (Å²) in [5.41, 5.74) is 0.527. The fraction of sp³-hybridized carbons (Fsp3) is 0.733. The third-order valence-electron chi connectivity index (χ3n) is 3.22. The minimum atomic E-state index is -0.888. The smallest absolute Gasteiger partial charge is 0.311 e. The molecule has 4 nitrogen and oxygen atoms in total. The summed E-state index contributed by atoms with van der Waals surface area (Å²) in [6.45, 7) is 8.30. The number of hydrogen-bond acceptors (Lipinski definition) is 5. The summed E-state index contributed by atoms with van der Waals surface area (Å²) < 4.78 is 4.80. The van der Waals surface area contributed by atoms with Gasteiger partial charge in [0.1, 0.15) is 6.10 Å². The highest BCUT2D eigenvalue weighted by atomic mass is 32.1. The van der Waals surface area contributed by atoms with Gasteiger partial charge in [0.2, 0.25) is 0 Å². The van der Waals surface area contributed by atoms with E-state index in [0.29, 0.717) is 12.1 Å². The van der Waals surface area contributed by atoms with Crippen LogP contribution in [0.5, 0.6) is 0 Å². The standard InChI is InChI=1S/C15H25NO3S/c1-6-7-8-10(13(18)19-5)12(17)11-9-20-14(16-11)15(2,3)4/h9-10,12,17H,6-8H2,1-5H3. The number of thiazole rings is 1. The molecule has 0 spiro atoms. The van der Waals surface area contributed by atoms with Gasteiger partial charge in [-0.15, -0.1) is 11.3 Å². The third-order valence-corrected chi connectivity index (χ3v) is 4.51. The lowest BCUT2D eigenvalue weighted by molar-refractivity contribution is -0.150. The maximum absolute atomic E-state index is 11.8. The largest absolute Gasteiger partial charge is 0.469 e. The zero-order valence-electron chi connectivity index (χ0n) is 13.0. The number of ether oxygens (including phenoxy) is 1. The SMILES string of the molecule is CCCCC(C(=O)OC)C(O)c1csc(C(C)(C)C)n1. The molecule has 0 aliphatic carbocycles. The van der Waals surface area contributed by atoms with E-state index in [0.717, 1.165) is 17.8 Å².